The number of benzene rings is 1. The van der Waals surface area contributed by atoms with Gasteiger partial charge < -0.3 is 19.5 Å². The molecule has 1 amide bonds. The van der Waals surface area contributed by atoms with Crippen LogP contribution in [0.15, 0.2) is 36.9 Å². The molecule has 1 saturated heterocycles. The molecule has 1 N–H and O–H groups in total. The van der Waals surface area contributed by atoms with Crippen LogP contribution in [0.2, 0.25) is 0 Å². The first-order valence-electron chi connectivity index (χ1n) is 7.12. The molecule has 1 aliphatic rings. The fraction of sp³-hybridized carbons (Fsp3) is 0.375. The van der Waals surface area contributed by atoms with Gasteiger partial charge in [-0.05, 0) is 18.1 Å². The summed E-state index contributed by atoms with van der Waals surface area (Å²) in [6, 6.07) is 6.90. The Morgan fingerprint density at radius 3 is 3.00 bits per heavy atom. The molecule has 0 spiro atoms. The average molecular weight is 305 g/mol. The molecular formula is C16H19NO5. The fourth-order valence-electron chi connectivity index (χ4n) is 2.12. The number of carbonyl (C=O) groups excluding carboxylic acids is 2. The number of cyclic esters (lactones) is 1. The second-order valence-electron chi connectivity index (χ2n) is 4.78. The highest BCUT2D eigenvalue weighted by Crippen LogP contribution is 2.24. The summed E-state index contributed by atoms with van der Waals surface area (Å²) in [6.07, 6.45) is 0.789. The van der Waals surface area contributed by atoms with E-state index in [4.69, 9.17) is 14.2 Å². The van der Waals surface area contributed by atoms with Crippen LogP contribution in [-0.2, 0) is 20.7 Å². The van der Waals surface area contributed by atoms with Crippen molar-refractivity contribution in [2.75, 3.05) is 6.61 Å². The lowest BCUT2D eigenvalue weighted by molar-refractivity contribution is -0.151. The number of nitrogens with one attached hydrogen (secondary N) is 1. The molecule has 6 nitrogen and oxygen atoms in total. The van der Waals surface area contributed by atoms with Gasteiger partial charge in [0.05, 0.1) is 6.42 Å². The van der Waals surface area contributed by atoms with E-state index in [9.17, 15) is 9.59 Å². The van der Waals surface area contributed by atoms with Crippen molar-refractivity contribution in [3.8, 4) is 5.75 Å². The van der Waals surface area contributed by atoms with Gasteiger partial charge in [-0.25, -0.2) is 4.79 Å². The first kappa shape index (κ1) is 15.9. The summed E-state index contributed by atoms with van der Waals surface area (Å²) in [5.74, 6) is 0.212. The summed E-state index contributed by atoms with van der Waals surface area (Å²) in [5.41, 5.74) is 0.999. The Morgan fingerprint density at radius 2 is 2.27 bits per heavy atom. The Balaban J connectivity index is 2.02. The Hall–Kier alpha value is -2.50. The third kappa shape index (κ3) is 4.00. The summed E-state index contributed by atoms with van der Waals surface area (Å²) in [5, 5.41) is 2.57. The Kier molecular flexibility index (Phi) is 5.41. The second-order valence-corrected chi connectivity index (χ2v) is 4.78. The van der Waals surface area contributed by atoms with Crippen LogP contribution in [-0.4, -0.2) is 31.0 Å². The van der Waals surface area contributed by atoms with Crippen LogP contribution in [0.1, 0.15) is 18.9 Å². The third-order valence-electron chi connectivity index (χ3n) is 3.19. The molecule has 1 unspecified atom stereocenters. The van der Waals surface area contributed by atoms with Crippen molar-refractivity contribution in [2.24, 2.45) is 0 Å². The van der Waals surface area contributed by atoms with Gasteiger partial charge in [-0.15, -0.1) is 0 Å². The monoisotopic (exact) mass is 305 g/mol. The van der Waals surface area contributed by atoms with Gasteiger partial charge in [0.2, 0.25) is 0 Å². The van der Waals surface area contributed by atoms with Gasteiger partial charge in [-0.3, -0.25) is 4.79 Å². The van der Waals surface area contributed by atoms with Crippen LogP contribution in [0.3, 0.4) is 0 Å². The number of ether oxygens (including phenoxy) is 3. The van der Waals surface area contributed by atoms with E-state index in [0.29, 0.717) is 5.75 Å². The lowest BCUT2D eigenvalue weighted by atomic mass is 10.1. The van der Waals surface area contributed by atoms with Crippen LogP contribution >= 0.6 is 0 Å². The van der Waals surface area contributed by atoms with Crippen molar-refractivity contribution in [1.29, 1.82) is 0 Å². The first-order chi connectivity index (χ1) is 10.6. The largest absolute Gasteiger partial charge is 0.452 e. The van der Waals surface area contributed by atoms with Gasteiger partial charge in [-0.2, -0.15) is 0 Å². The molecule has 118 valence electrons. The van der Waals surface area contributed by atoms with Crippen molar-refractivity contribution in [3.05, 3.63) is 42.5 Å². The van der Waals surface area contributed by atoms with Gasteiger partial charge in [0, 0.05) is 0 Å². The van der Waals surface area contributed by atoms with Gasteiger partial charge in [0.25, 0.3) is 6.29 Å². The number of aryl methyl sites for hydroxylation is 1. The van der Waals surface area contributed by atoms with Crippen molar-refractivity contribution in [3.63, 3.8) is 0 Å². The van der Waals surface area contributed by atoms with E-state index in [2.05, 4.69) is 11.9 Å². The van der Waals surface area contributed by atoms with E-state index in [1.807, 2.05) is 25.1 Å². The maximum atomic E-state index is 11.6. The zero-order valence-electron chi connectivity index (χ0n) is 12.4. The highest BCUT2D eigenvalue weighted by molar-refractivity contribution is 5.75. The Labute approximate surface area is 129 Å². The van der Waals surface area contributed by atoms with Crippen molar-refractivity contribution in [1.82, 2.24) is 5.32 Å². The molecule has 1 heterocycles. The fourth-order valence-corrected chi connectivity index (χ4v) is 2.12. The lowest BCUT2D eigenvalue weighted by Gasteiger charge is -2.21. The maximum Gasteiger partial charge on any atom is 0.407 e. The second kappa shape index (κ2) is 7.49. The van der Waals surface area contributed by atoms with E-state index in [1.165, 1.54) is 6.08 Å². The molecule has 0 saturated carbocycles. The number of amides is 1. The lowest BCUT2D eigenvalue weighted by Crippen LogP contribution is -2.43. The predicted molar refractivity (Wildman–Crippen MR) is 79.4 cm³/mol. The first-order valence-corrected chi connectivity index (χ1v) is 7.12. The van der Waals surface area contributed by atoms with E-state index in [1.54, 1.807) is 6.07 Å². The van der Waals surface area contributed by atoms with Gasteiger partial charge in [0.1, 0.15) is 18.4 Å². The number of carbonyl (C=O) groups is 2. The third-order valence-corrected chi connectivity index (χ3v) is 3.19. The van der Waals surface area contributed by atoms with Crippen molar-refractivity contribution < 1.29 is 23.8 Å². The van der Waals surface area contributed by atoms with Crippen LogP contribution < -0.4 is 10.1 Å². The van der Waals surface area contributed by atoms with E-state index in [0.717, 1.165) is 12.0 Å². The molecule has 1 aliphatic heterocycles. The smallest absolute Gasteiger partial charge is 0.407 e. The van der Waals surface area contributed by atoms with E-state index < -0.39 is 24.4 Å². The standard InChI is InChI=1S/C16H19NO5/c1-3-9-20-16(19)17-12-10-14(18)22-15(12)21-13-8-6-5-7-11(13)4-2/h3,5-8,12,15H,1,4,9-10H2,2H3,(H,17,19)/t12-,15?/m0/s1. The molecule has 2 rings (SSSR count). The number of rotatable bonds is 6. The van der Waals surface area contributed by atoms with Gasteiger partial charge in [-0.1, -0.05) is 37.8 Å². The Morgan fingerprint density at radius 1 is 1.50 bits per heavy atom. The average Bonchev–Trinajstić information content (AvgIpc) is 2.85. The number of para-hydroxylation sites is 1. The molecule has 0 aromatic heterocycles. The van der Waals surface area contributed by atoms with E-state index in [-0.39, 0.29) is 13.0 Å². The summed E-state index contributed by atoms with van der Waals surface area (Å²) < 4.78 is 15.7. The summed E-state index contributed by atoms with van der Waals surface area (Å²) >= 11 is 0. The molecule has 1 fully saturated rings. The van der Waals surface area contributed by atoms with Crippen LogP contribution in [0, 0.1) is 0 Å². The van der Waals surface area contributed by atoms with Crippen LogP contribution in [0.25, 0.3) is 0 Å². The molecule has 1 aromatic rings. The molecule has 22 heavy (non-hydrogen) atoms. The zero-order valence-corrected chi connectivity index (χ0v) is 12.4. The number of esters is 1. The highest BCUT2D eigenvalue weighted by Gasteiger charge is 2.38. The van der Waals surface area contributed by atoms with Crippen molar-refractivity contribution in [2.45, 2.75) is 32.1 Å². The van der Waals surface area contributed by atoms with Gasteiger partial charge >= 0.3 is 12.1 Å². The highest BCUT2D eigenvalue weighted by atomic mass is 16.7. The number of alkyl carbamates (subject to hydrolysis) is 1. The quantitative estimate of drug-likeness (QED) is 0.644. The van der Waals surface area contributed by atoms with Crippen LogP contribution in [0.5, 0.6) is 5.75 Å². The molecule has 6 heteroatoms. The van der Waals surface area contributed by atoms with Crippen LogP contribution in [0.4, 0.5) is 4.79 Å². The summed E-state index contributed by atoms with van der Waals surface area (Å²) in [6.45, 7) is 5.56. The minimum Gasteiger partial charge on any atom is -0.452 e. The minimum absolute atomic E-state index is 0.0438. The van der Waals surface area contributed by atoms with E-state index >= 15 is 0 Å². The normalized spacial score (nSPS) is 20.1. The van der Waals surface area contributed by atoms with Gasteiger partial charge in [0.15, 0.2) is 0 Å². The zero-order chi connectivity index (χ0) is 15.9. The molecule has 0 aliphatic carbocycles. The summed E-state index contributed by atoms with van der Waals surface area (Å²) in [7, 11) is 0. The summed E-state index contributed by atoms with van der Waals surface area (Å²) in [4.78, 5) is 23.1. The Bertz CT molecular complexity index is 557. The molecule has 2 atom stereocenters. The SMILES string of the molecule is C=CCOC(=O)N[C@H]1CC(=O)OC1Oc1ccccc1CC. The molecule has 0 radical (unpaired) electrons. The molecule has 0 bridgehead atoms. The minimum atomic E-state index is -0.864. The number of hydrogen-bond acceptors (Lipinski definition) is 5. The number of hydrogen-bond donors (Lipinski definition) is 1. The molecular weight excluding hydrogens is 286 g/mol. The predicted octanol–water partition coefficient (Wildman–Crippen LogP) is 2.18. The molecule has 1 aromatic carbocycles. The topological polar surface area (TPSA) is 73.9 Å². The maximum absolute atomic E-state index is 11.6. The van der Waals surface area contributed by atoms with Crippen molar-refractivity contribution >= 4 is 12.1 Å².